The smallest absolute Gasteiger partial charge is 0.333 e. The lowest BCUT2D eigenvalue weighted by atomic mass is 9.46. The maximum atomic E-state index is 12.4. The van der Waals surface area contributed by atoms with E-state index in [9.17, 15) is 9.90 Å². The van der Waals surface area contributed by atoms with Crippen LogP contribution in [0.3, 0.4) is 0 Å². The fraction of sp³-hybridized carbons (Fsp3) is 0.720. The Morgan fingerprint density at radius 3 is 2.79 bits per heavy atom. The highest BCUT2D eigenvalue weighted by Crippen LogP contribution is 2.62. The molecule has 162 valence electrons. The molecular formula is C25H38O4. The summed E-state index contributed by atoms with van der Waals surface area (Å²) in [6, 6.07) is 0. The van der Waals surface area contributed by atoms with Crippen molar-refractivity contribution in [2.24, 2.45) is 22.7 Å². The third kappa shape index (κ3) is 4.11. The first-order valence-electron chi connectivity index (χ1n) is 11.1. The number of carbonyl (C=O) groups excluding carboxylic acids is 1. The van der Waals surface area contributed by atoms with E-state index >= 15 is 0 Å². The Hall–Kier alpha value is -1.39. The molecule has 4 heteroatoms. The fourth-order valence-corrected chi connectivity index (χ4v) is 6.18. The second-order valence-corrected chi connectivity index (χ2v) is 9.79. The van der Waals surface area contributed by atoms with Crippen molar-refractivity contribution in [3.63, 3.8) is 0 Å². The average Bonchev–Trinajstić information content (AvgIpc) is 3.22. The molecular weight excluding hydrogens is 364 g/mol. The number of hydrogen-bond acceptors (Lipinski definition) is 4. The monoisotopic (exact) mass is 402 g/mol. The summed E-state index contributed by atoms with van der Waals surface area (Å²) < 4.78 is 11.4. The molecule has 3 aliphatic rings. The van der Waals surface area contributed by atoms with E-state index in [4.69, 9.17) is 9.47 Å². The molecule has 5 unspecified atom stereocenters. The van der Waals surface area contributed by atoms with Gasteiger partial charge in [-0.1, -0.05) is 38.2 Å². The minimum atomic E-state index is -0.425. The molecule has 5 atom stereocenters. The van der Waals surface area contributed by atoms with Gasteiger partial charge in [-0.2, -0.15) is 0 Å². The van der Waals surface area contributed by atoms with Crippen molar-refractivity contribution in [1.82, 2.24) is 0 Å². The zero-order valence-electron chi connectivity index (χ0n) is 18.6. The average molecular weight is 403 g/mol. The van der Waals surface area contributed by atoms with Crippen LogP contribution in [0.1, 0.15) is 66.2 Å². The van der Waals surface area contributed by atoms with Gasteiger partial charge in [0.05, 0.1) is 19.8 Å². The molecule has 2 aliphatic carbocycles. The molecule has 0 saturated heterocycles. The van der Waals surface area contributed by atoms with E-state index in [1.165, 1.54) is 11.1 Å². The number of esters is 1. The van der Waals surface area contributed by atoms with Crippen molar-refractivity contribution in [3.8, 4) is 0 Å². The highest BCUT2D eigenvalue weighted by molar-refractivity contribution is 5.87. The summed E-state index contributed by atoms with van der Waals surface area (Å²) in [5, 5.41) is 10.5. The van der Waals surface area contributed by atoms with Crippen LogP contribution in [-0.4, -0.2) is 37.0 Å². The number of rotatable bonds is 6. The summed E-state index contributed by atoms with van der Waals surface area (Å²) in [5.41, 5.74) is 3.03. The Morgan fingerprint density at radius 2 is 2.17 bits per heavy atom. The molecule has 1 N–H and O–H groups in total. The SMILES string of the molecule is C=C1CCC2C(C)(CO)C(OC(=O)C(C)=CC)CCC2(C)C1CCC1=CCOC1. The van der Waals surface area contributed by atoms with Gasteiger partial charge in [-0.3, -0.25) is 0 Å². The van der Waals surface area contributed by atoms with Crippen molar-refractivity contribution < 1.29 is 19.4 Å². The third-order valence-corrected chi connectivity index (χ3v) is 8.19. The van der Waals surface area contributed by atoms with Gasteiger partial charge >= 0.3 is 5.97 Å². The number of aliphatic hydroxyl groups excluding tert-OH is 1. The highest BCUT2D eigenvalue weighted by Gasteiger charge is 2.58. The van der Waals surface area contributed by atoms with Crippen molar-refractivity contribution in [2.75, 3.05) is 19.8 Å². The summed E-state index contributed by atoms with van der Waals surface area (Å²) >= 11 is 0. The summed E-state index contributed by atoms with van der Waals surface area (Å²) in [7, 11) is 0. The molecule has 2 fully saturated rings. The van der Waals surface area contributed by atoms with E-state index in [2.05, 4.69) is 26.5 Å². The first kappa shape index (κ1) is 22.3. The minimum Gasteiger partial charge on any atom is -0.458 e. The van der Waals surface area contributed by atoms with E-state index in [-0.39, 0.29) is 24.1 Å². The molecule has 1 heterocycles. The quantitative estimate of drug-likeness (QED) is 0.387. The van der Waals surface area contributed by atoms with Gasteiger partial charge in [0.2, 0.25) is 0 Å². The van der Waals surface area contributed by atoms with Crippen molar-refractivity contribution >= 4 is 5.97 Å². The van der Waals surface area contributed by atoms with Gasteiger partial charge in [-0.05, 0) is 75.2 Å². The standard InChI is InChI=1S/C25H38O4/c1-6-17(2)23(27)29-22-11-13-24(4)20(9-8-19-12-14-28-15-19)18(3)7-10-21(24)25(22,5)16-26/h6,12,20-22,26H,3,7-11,13-16H2,1-2,4-5H3. The van der Waals surface area contributed by atoms with Crippen LogP contribution in [0.2, 0.25) is 0 Å². The summed E-state index contributed by atoms with van der Waals surface area (Å²) in [5.74, 6) is 0.482. The van der Waals surface area contributed by atoms with Crippen LogP contribution in [-0.2, 0) is 14.3 Å². The third-order valence-electron chi connectivity index (χ3n) is 8.19. The number of fused-ring (bicyclic) bond motifs is 1. The zero-order chi connectivity index (χ0) is 21.2. The Kier molecular flexibility index (Phi) is 6.74. The minimum absolute atomic E-state index is 0.0400. The number of aliphatic hydroxyl groups is 1. The Morgan fingerprint density at radius 1 is 1.41 bits per heavy atom. The lowest BCUT2D eigenvalue weighted by Crippen LogP contribution is -2.58. The van der Waals surface area contributed by atoms with Crippen LogP contribution in [0.4, 0.5) is 0 Å². The molecule has 3 rings (SSSR count). The lowest BCUT2D eigenvalue weighted by molar-refractivity contribution is -0.184. The topological polar surface area (TPSA) is 55.8 Å². The normalized spacial score (nSPS) is 37.8. The first-order chi connectivity index (χ1) is 13.8. The number of hydrogen-bond donors (Lipinski definition) is 1. The molecule has 4 nitrogen and oxygen atoms in total. The van der Waals surface area contributed by atoms with E-state index in [0.29, 0.717) is 17.4 Å². The van der Waals surface area contributed by atoms with Gasteiger partial charge in [-0.15, -0.1) is 0 Å². The van der Waals surface area contributed by atoms with Gasteiger partial charge in [0.25, 0.3) is 0 Å². The molecule has 0 aromatic heterocycles. The van der Waals surface area contributed by atoms with Crippen LogP contribution >= 0.6 is 0 Å². The molecule has 0 amide bonds. The molecule has 29 heavy (non-hydrogen) atoms. The van der Waals surface area contributed by atoms with Crippen LogP contribution in [0, 0.1) is 22.7 Å². The summed E-state index contributed by atoms with van der Waals surface area (Å²) in [4.78, 5) is 12.4. The maximum absolute atomic E-state index is 12.4. The highest BCUT2D eigenvalue weighted by atomic mass is 16.5. The Bertz CT molecular complexity index is 706. The van der Waals surface area contributed by atoms with E-state index in [0.717, 1.165) is 51.7 Å². The van der Waals surface area contributed by atoms with Gasteiger partial charge in [0, 0.05) is 11.0 Å². The lowest BCUT2D eigenvalue weighted by Gasteiger charge is -2.60. The van der Waals surface area contributed by atoms with E-state index in [1.54, 1.807) is 13.0 Å². The first-order valence-corrected chi connectivity index (χ1v) is 11.1. The second kappa shape index (κ2) is 8.77. The van der Waals surface area contributed by atoms with E-state index in [1.807, 2.05) is 6.92 Å². The van der Waals surface area contributed by atoms with Gasteiger partial charge in [0.15, 0.2) is 0 Å². The number of carbonyl (C=O) groups is 1. The predicted molar refractivity (Wildman–Crippen MR) is 115 cm³/mol. The van der Waals surface area contributed by atoms with Crippen LogP contribution in [0.5, 0.6) is 0 Å². The molecule has 0 aromatic carbocycles. The second-order valence-electron chi connectivity index (χ2n) is 9.79. The summed E-state index contributed by atoms with van der Waals surface area (Å²) in [6.07, 6.45) is 9.69. The molecule has 0 radical (unpaired) electrons. The largest absolute Gasteiger partial charge is 0.458 e. The number of allylic oxidation sites excluding steroid dienone is 2. The van der Waals surface area contributed by atoms with Gasteiger partial charge in [0.1, 0.15) is 6.10 Å². The van der Waals surface area contributed by atoms with Crippen LogP contribution in [0.15, 0.2) is 35.5 Å². The van der Waals surface area contributed by atoms with Crippen molar-refractivity contribution in [1.29, 1.82) is 0 Å². The van der Waals surface area contributed by atoms with Gasteiger partial charge in [-0.25, -0.2) is 4.79 Å². The molecule has 0 bridgehead atoms. The van der Waals surface area contributed by atoms with Gasteiger partial charge < -0.3 is 14.6 Å². The Labute approximate surface area is 176 Å². The predicted octanol–water partition coefficient (Wildman–Crippen LogP) is 4.98. The molecule has 0 aromatic rings. The van der Waals surface area contributed by atoms with Crippen LogP contribution in [0.25, 0.3) is 0 Å². The van der Waals surface area contributed by atoms with Crippen molar-refractivity contribution in [2.45, 2.75) is 72.3 Å². The maximum Gasteiger partial charge on any atom is 0.333 e. The molecule has 2 saturated carbocycles. The fourth-order valence-electron chi connectivity index (χ4n) is 6.18. The summed E-state index contributed by atoms with van der Waals surface area (Å²) in [6.45, 7) is 14.1. The zero-order valence-corrected chi connectivity index (χ0v) is 18.6. The molecule has 1 aliphatic heterocycles. The van der Waals surface area contributed by atoms with Crippen LogP contribution < -0.4 is 0 Å². The Balaban J connectivity index is 1.82. The number of ether oxygens (including phenoxy) is 2. The van der Waals surface area contributed by atoms with Crippen molar-refractivity contribution in [3.05, 3.63) is 35.5 Å². The van der Waals surface area contributed by atoms with E-state index < -0.39 is 5.41 Å². The molecule has 0 spiro atoms.